The Labute approximate surface area is 204 Å². The number of aryl methyl sites for hydroxylation is 2. The van der Waals surface area contributed by atoms with Crippen molar-refractivity contribution >= 4 is 28.6 Å². The molecule has 1 fully saturated rings. The third kappa shape index (κ3) is 4.80. The van der Waals surface area contributed by atoms with Crippen molar-refractivity contribution in [3.05, 3.63) is 93.9 Å². The van der Waals surface area contributed by atoms with E-state index in [1.165, 1.54) is 5.56 Å². The number of nitrogens with one attached hydrogen (secondary N) is 1. The Morgan fingerprint density at radius 1 is 1.06 bits per heavy atom. The van der Waals surface area contributed by atoms with Crippen LogP contribution in [0.3, 0.4) is 0 Å². The van der Waals surface area contributed by atoms with Gasteiger partial charge in [0.15, 0.2) is 11.5 Å². The fraction of sp³-hybridized carbons (Fsp3) is 0.286. The number of amides is 1. The second-order valence-electron chi connectivity index (χ2n) is 9.23. The Bertz CT molecular complexity index is 1430. The molecule has 0 bridgehead atoms. The molecule has 1 amide bonds. The summed E-state index contributed by atoms with van der Waals surface area (Å²) < 4.78 is 1.69. The number of piperidine rings is 1. The van der Waals surface area contributed by atoms with E-state index < -0.39 is 0 Å². The Kier molecular flexibility index (Phi) is 6.31. The van der Waals surface area contributed by atoms with Crippen LogP contribution in [-0.4, -0.2) is 33.5 Å². The zero-order valence-electron chi connectivity index (χ0n) is 20.1. The molecule has 3 heterocycles. The number of rotatable bonds is 5. The van der Waals surface area contributed by atoms with Crippen LogP contribution in [0.2, 0.25) is 0 Å². The maximum Gasteiger partial charge on any atom is 0.295 e. The van der Waals surface area contributed by atoms with Crippen LogP contribution in [0, 0.1) is 19.8 Å². The summed E-state index contributed by atoms with van der Waals surface area (Å²) in [5.41, 5.74) is 5.19. The standard InChI is InChI=1S/C28H29N5O2/c1-19-12-13-23(16-20(19)2)30-27(34)22-10-7-15-32(18-22)26-28(35)33(17-21-8-4-3-5-9-21)25-24(31-26)11-6-14-29-25/h3-6,8-9,11-14,16,22H,7,10,15,17-18H2,1-2H3,(H,30,34). The first-order chi connectivity index (χ1) is 17.0. The number of pyridine rings is 1. The van der Waals surface area contributed by atoms with Crippen molar-refractivity contribution < 1.29 is 4.79 Å². The minimum Gasteiger partial charge on any atom is -0.351 e. The van der Waals surface area contributed by atoms with Crippen molar-refractivity contribution in [2.24, 2.45) is 5.92 Å². The van der Waals surface area contributed by atoms with E-state index in [4.69, 9.17) is 4.98 Å². The van der Waals surface area contributed by atoms with Gasteiger partial charge in [-0.1, -0.05) is 36.4 Å². The molecule has 0 saturated carbocycles. The number of nitrogens with zero attached hydrogens (tertiary/aromatic N) is 4. The monoisotopic (exact) mass is 467 g/mol. The van der Waals surface area contributed by atoms with Crippen LogP contribution in [0.25, 0.3) is 11.2 Å². The zero-order valence-corrected chi connectivity index (χ0v) is 20.1. The van der Waals surface area contributed by atoms with Crippen LogP contribution in [0.4, 0.5) is 11.5 Å². The number of aromatic nitrogens is 3. The Hall–Kier alpha value is -4.00. The van der Waals surface area contributed by atoms with Gasteiger partial charge in [0.05, 0.1) is 12.5 Å². The molecule has 7 heteroatoms. The molecule has 4 aromatic rings. The molecule has 0 radical (unpaired) electrons. The van der Waals surface area contributed by atoms with Crippen LogP contribution in [0.1, 0.15) is 29.5 Å². The average Bonchev–Trinajstić information content (AvgIpc) is 2.88. The fourth-order valence-electron chi connectivity index (χ4n) is 4.63. The molecule has 0 aliphatic carbocycles. The first-order valence-electron chi connectivity index (χ1n) is 12.0. The molecule has 1 saturated heterocycles. The van der Waals surface area contributed by atoms with Gasteiger partial charge in [0.2, 0.25) is 5.91 Å². The molecule has 1 unspecified atom stereocenters. The molecule has 1 N–H and O–H groups in total. The Morgan fingerprint density at radius 2 is 1.89 bits per heavy atom. The smallest absolute Gasteiger partial charge is 0.295 e. The predicted octanol–water partition coefficient (Wildman–Crippen LogP) is 4.31. The number of hydrogen-bond donors (Lipinski definition) is 1. The number of carbonyl (C=O) groups is 1. The summed E-state index contributed by atoms with van der Waals surface area (Å²) in [6, 6.07) is 19.5. The summed E-state index contributed by atoms with van der Waals surface area (Å²) in [6.45, 7) is 5.64. The van der Waals surface area contributed by atoms with E-state index in [2.05, 4.69) is 17.2 Å². The van der Waals surface area contributed by atoms with E-state index in [0.29, 0.717) is 36.6 Å². The third-order valence-corrected chi connectivity index (χ3v) is 6.73. The van der Waals surface area contributed by atoms with E-state index in [-0.39, 0.29) is 17.4 Å². The summed E-state index contributed by atoms with van der Waals surface area (Å²) in [5, 5.41) is 3.06. The largest absolute Gasteiger partial charge is 0.351 e. The van der Waals surface area contributed by atoms with E-state index in [0.717, 1.165) is 29.7 Å². The lowest BCUT2D eigenvalue weighted by Gasteiger charge is -2.32. The van der Waals surface area contributed by atoms with Gasteiger partial charge in [0.25, 0.3) is 5.56 Å². The van der Waals surface area contributed by atoms with Gasteiger partial charge >= 0.3 is 0 Å². The van der Waals surface area contributed by atoms with Crippen molar-refractivity contribution in [2.75, 3.05) is 23.3 Å². The summed E-state index contributed by atoms with van der Waals surface area (Å²) in [5.74, 6) is 0.133. The van der Waals surface area contributed by atoms with Gasteiger partial charge in [-0.2, -0.15) is 0 Å². The highest BCUT2D eigenvalue weighted by Crippen LogP contribution is 2.23. The van der Waals surface area contributed by atoms with Gasteiger partial charge < -0.3 is 10.2 Å². The molecular weight excluding hydrogens is 438 g/mol. The minimum absolute atomic E-state index is 0.0231. The van der Waals surface area contributed by atoms with Crippen molar-refractivity contribution in [3.8, 4) is 0 Å². The van der Waals surface area contributed by atoms with E-state index in [1.54, 1.807) is 10.8 Å². The van der Waals surface area contributed by atoms with Crippen LogP contribution < -0.4 is 15.8 Å². The predicted molar refractivity (Wildman–Crippen MR) is 139 cm³/mol. The molecule has 1 atom stereocenters. The highest BCUT2D eigenvalue weighted by atomic mass is 16.2. The zero-order chi connectivity index (χ0) is 24.4. The number of anilines is 2. The van der Waals surface area contributed by atoms with Crippen LogP contribution in [-0.2, 0) is 11.3 Å². The summed E-state index contributed by atoms with van der Waals surface area (Å²) in [7, 11) is 0. The summed E-state index contributed by atoms with van der Waals surface area (Å²) in [6.07, 6.45) is 3.27. The van der Waals surface area contributed by atoms with Gasteiger partial charge in [-0.3, -0.25) is 14.2 Å². The molecule has 7 nitrogen and oxygen atoms in total. The number of fused-ring (bicyclic) bond motifs is 1. The average molecular weight is 468 g/mol. The maximum absolute atomic E-state index is 13.6. The lowest BCUT2D eigenvalue weighted by molar-refractivity contribution is -0.120. The molecule has 1 aliphatic rings. The molecule has 2 aromatic heterocycles. The summed E-state index contributed by atoms with van der Waals surface area (Å²) >= 11 is 0. The van der Waals surface area contributed by atoms with Crippen molar-refractivity contribution in [1.82, 2.24) is 14.5 Å². The first-order valence-corrected chi connectivity index (χ1v) is 12.0. The number of hydrogen-bond acceptors (Lipinski definition) is 5. The van der Waals surface area contributed by atoms with Crippen molar-refractivity contribution in [3.63, 3.8) is 0 Å². The molecule has 1 aliphatic heterocycles. The van der Waals surface area contributed by atoms with Gasteiger partial charge in [0.1, 0.15) is 5.52 Å². The van der Waals surface area contributed by atoms with Crippen molar-refractivity contribution in [1.29, 1.82) is 0 Å². The van der Waals surface area contributed by atoms with Crippen molar-refractivity contribution in [2.45, 2.75) is 33.2 Å². The van der Waals surface area contributed by atoms with E-state index in [1.807, 2.05) is 72.5 Å². The highest BCUT2D eigenvalue weighted by Gasteiger charge is 2.29. The molecule has 5 rings (SSSR count). The lowest BCUT2D eigenvalue weighted by Crippen LogP contribution is -2.44. The number of carbonyl (C=O) groups excluding carboxylic acids is 1. The van der Waals surface area contributed by atoms with Crippen LogP contribution in [0.15, 0.2) is 71.7 Å². The Balaban J connectivity index is 1.43. The van der Waals surface area contributed by atoms with Gasteiger partial charge in [-0.05, 0) is 67.6 Å². The SMILES string of the molecule is Cc1ccc(NC(=O)C2CCCN(c3nc4cccnc4n(Cc4ccccc4)c3=O)C2)cc1C. The Morgan fingerprint density at radius 3 is 2.69 bits per heavy atom. The topological polar surface area (TPSA) is 80.1 Å². The van der Waals surface area contributed by atoms with E-state index in [9.17, 15) is 9.59 Å². The molecule has 178 valence electrons. The fourth-order valence-corrected chi connectivity index (χ4v) is 4.63. The third-order valence-electron chi connectivity index (χ3n) is 6.73. The number of benzene rings is 2. The van der Waals surface area contributed by atoms with Gasteiger partial charge in [-0.25, -0.2) is 9.97 Å². The van der Waals surface area contributed by atoms with Gasteiger partial charge in [0, 0.05) is 25.0 Å². The highest BCUT2D eigenvalue weighted by molar-refractivity contribution is 5.93. The van der Waals surface area contributed by atoms with Crippen LogP contribution in [0.5, 0.6) is 0 Å². The second kappa shape index (κ2) is 9.70. The molecule has 0 spiro atoms. The van der Waals surface area contributed by atoms with Crippen LogP contribution >= 0.6 is 0 Å². The minimum atomic E-state index is -0.223. The lowest BCUT2D eigenvalue weighted by atomic mass is 9.97. The first kappa shape index (κ1) is 22.8. The van der Waals surface area contributed by atoms with Gasteiger partial charge in [-0.15, -0.1) is 0 Å². The maximum atomic E-state index is 13.6. The molecular formula is C28H29N5O2. The molecule has 2 aromatic carbocycles. The van der Waals surface area contributed by atoms with E-state index >= 15 is 0 Å². The second-order valence-corrected chi connectivity index (χ2v) is 9.23. The molecule has 35 heavy (non-hydrogen) atoms. The normalized spacial score (nSPS) is 15.8. The quantitative estimate of drug-likeness (QED) is 0.473. The summed E-state index contributed by atoms with van der Waals surface area (Å²) in [4.78, 5) is 37.8.